The van der Waals surface area contributed by atoms with Crippen molar-refractivity contribution >= 4 is 11.8 Å². The number of hydrogen-bond acceptors (Lipinski definition) is 3. The van der Waals surface area contributed by atoms with Crippen molar-refractivity contribution in [2.45, 2.75) is 38.2 Å². The average Bonchev–Trinajstić information content (AvgIpc) is 3.27. The number of unbranched alkanes of at least 4 members (excludes halogenated alkanes) is 1. The van der Waals surface area contributed by atoms with E-state index in [1.165, 1.54) is 12.8 Å². The van der Waals surface area contributed by atoms with Gasteiger partial charge in [-0.3, -0.25) is 5.32 Å². The van der Waals surface area contributed by atoms with Crippen LogP contribution in [0.15, 0.2) is 42.6 Å². The quantitative estimate of drug-likeness (QED) is 0.766. The summed E-state index contributed by atoms with van der Waals surface area (Å²) in [6.07, 6.45) is 7.59. The molecule has 1 fully saturated rings. The number of aromatic nitrogens is 2. The zero-order chi connectivity index (χ0) is 16.6. The molecule has 0 bridgehead atoms. The summed E-state index contributed by atoms with van der Waals surface area (Å²) in [7, 11) is 0. The summed E-state index contributed by atoms with van der Waals surface area (Å²) in [6.45, 7) is 1.57. The number of nitrogens with zero attached hydrogens (tertiary/aromatic N) is 2. The van der Waals surface area contributed by atoms with Crippen LogP contribution < -0.4 is 10.6 Å². The normalized spacial score (nSPS) is 16.9. The van der Waals surface area contributed by atoms with Crippen LogP contribution >= 0.6 is 0 Å². The maximum atomic E-state index is 12.0. The number of rotatable bonds is 7. The van der Waals surface area contributed by atoms with Crippen LogP contribution in [0.5, 0.6) is 0 Å². The summed E-state index contributed by atoms with van der Waals surface area (Å²) in [6, 6.07) is 11.3. The van der Waals surface area contributed by atoms with Crippen LogP contribution in [-0.2, 0) is 4.74 Å². The topological polar surface area (TPSA) is 68.2 Å². The number of nitrogens with one attached hydrogen (secondary N) is 2. The Morgan fingerprint density at radius 2 is 2.12 bits per heavy atom. The monoisotopic (exact) mass is 328 g/mol. The van der Waals surface area contributed by atoms with Gasteiger partial charge in [0.15, 0.2) is 0 Å². The van der Waals surface area contributed by atoms with E-state index in [1.54, 1.807) is 16.9 Å². The van der Waals surface area contributed by atoms with Crippen molar-refractivity contribution < 1.29 is 9.53 Å². The van der Waals surface area contributed by atoms with Gasteiger partial charge in [-0.05, 0) is 44.2 Å². The highest BCUT2D eigenvalue weighted by Crippen LogP contribution is 2.17. The van der Waals surface area contributed by atoms with Crippen LogP contribution in [0.2, 0.25) is 0 Å². The number of hydrogen-bond donors (Lipinski definition) is 2. The molecule has 2 aromatic rings. The summed E-state index contributed by atoms with van der Waals surface area (Å²) in [5, 5.41) is 9.99. The number of benzene rings is 1. The van der Waals surface area contributed by atoms with Crippen molar-refractivity contribution in [1.29, 1.82) is 0 Å². The molecule has 1 aliphatic heterocycles. The highest BCUT2D eigenvalue weighted by atomic mass is 16.5. The first-order valence-electron chi connectivity index (χ1n) is 8.59. The van der Waals surface area contributed by atoms with Crippen LogP contribution in [0, 0.1) is 0 Å². The lowest BCUT2D eigenvalue weighted by Crippen LogP contribution is -2.30. The van der Waals surface area contributed by atoms with E-state index in [4.69, 9.17) is 4.74 Å². The molecular formula is C18H24N4O2. The van der Waals surface area contributed by atoms with Crippen molar-refractivity contribution in [3.05, 3.63) is 42.6 Å². The Labute approximate surface area is 142 Å². The Morgan fingerprint density at radius 3 is 2.92 bits per heavy atom. The van der Waals surface area contributed by atoms with Crippen LogP contribution in [0.1, 0.15) is 32.1 Å². The number of ether oxygens (including phenoxy) is 1. The minimum Gasteiger partial charge on any atom is -0.378 e. The van der Waals surface area contributed by atoms with E-state index >= 15 is 0 Å². The van der Waals surface area contributed by atoms with Crippen LogP contribution in [-0.4, -0.2) is 35.1 Å². The van der Waals surface area contributed by atoms with E-state index in [0.29, 0.717) is 18.5 Å². The maximum absolute atomic E-state index is 12.0. The summed E-state index contributed by atoms with van der Waals surface area (Å²) >= 11 is 0. The first-order chi connectivity index (χ1) is 11.8. The Balaban J connectivity index is 1.40. The molecule has 3 rings (SSSR count). The summed E-state index contributed by atoms with van der Waals surface area (Å²) in [4.78, 5) is 12.0. The Morgan fingerprint density at radius 1 is 1.25 bits per heavy atom. The van der Waals surface area contributed by atoms with E-state index in [0.717, 1.165) is 31.6 Å². The highest BCUT2D eigenvalue weighted by Gasteiger charge is 2.14. The van der Waals surface area contributed by atoms with Gasteiger partial charge in [0, 0.05) is 19.2 Å². The fraction of sp³-hybridized carbons (Fsp3) is 0.444. The van der Waals surface area contributed by atoms with Crippen molar-refractivity contribution in [2.24, 2.45) is 0 Å². The number of amides is 2. The molecule has 1 aliphatic rings. The molecule has 128 valence electrons. The number of anilines is 1. The molecular weight excluding hydrogens is 304 g/mol. The highest BCUT2D eigenvalue weighted by molar-refractivity contribution is 5.88. The van der Waals surface area contributed by atoms with E-state index in [2.05, 4.69) is 15.7 Å². The molecule has 0 radical (unpaired) electrons. The van der Waals surface area contributed by atoms with Crippen molar-refractivity contribution in [3.63, 3.8) is 0 Å². The minimum absolute atomic E-state index is 0.204. The van der Waals surface area contributed by atoms with Gasteiger partial charge >= 0.3 is 6.03 Å². The van der Waals surface area contributed by atoms with Gasteiger partial charge in [0.25, 0.3) is 0 Å². The standard InChI is InChI=1S/C18H24N4O2/c23-18(19-12-5-4-9-16-10-6-14-24-16)21-17-11-13-20-22(17)15-7-2-1-3-8-15/h1-3,7-8,11,13,16H,4-6,9-10,12,14H2,(H2,19,21,23)/t16-/m1/s1. The Hall–Kier alpha value is -2.34. The fourth-order valence-corrected chi connectivity index (χ4v) is 2.90. The van der Waals surface area contributed by atoms with Gasteiger partial charge < -0.3 is 10.1 Å². The predicted molar refractivity (Wildman–Crippen MR) is 93.4 cm³/mol. The third-order valence-corrected chi connectivity index (χ3v) is 4.15. The lowest BCUT2D eigenvalue weighted by atomic mass is 10.1. The number of carbonyl (C=O) groups excluding carboxylic acids is 1. The molecule has 2 N–H and O–H groups in total. The smallest absolute Gasteiger partial charge is 0.320 e. The van der Waals surface area contributed by atoms with E-state index < -0.39 is 0 Å². The predicted octanol–water partition coefficient (Wildman–Crippen LogP) is 3.34. The average molecular weight is 328 g/mol. The van der Waals surface area contributed by atoms with Crippen molar-refractivity contribution in [2.75, 3.05) is 18.5 Å². The molecule has 0 spiro atoms. The van der Waals surface area contributed by atoms with Crippen LogP contribution in [0.3, 0.4) is 0 Å². The van der Waals surface area contributed by atoms with Gasteiger partial charge in [-0.15, -0.1) is 0 Å². The molecule has 0 aliphatic carbocycles. The molecule has 1 aromatic heterocycles. The minimum atomic E-state index is -0.204. The van der Waals surface area contributed by atoms with Crippen LogP contribution in [0.4, 0.5) is 10.6 Å². The molecule has 0 unspecified atom stereocenters. The van der Waals surface area contributed by atoms with Crippen molar-refractivity contribution in [3.8, 4) is 5.69 Å². The molecule has 2 heterocycles. The number of carbonyl (C=O) groups is 1. The lowest BCUT2D eigenvalue weighted by Gasteiger charge is -2.11. The lowest BCUT2D eigenvalue weighted by molar-refractivity contribution is 0.102. The van der Waals surface area contributed by atoms with E-state index in [1.807, 2.05) is 30.3 Å². The van der Waals surface area contributed by atoms with Crippen molar-refractivity contribution in [1.82, 2.24) is 15.1 Å². The van der Waals surface area contributed by atoms with Gasteiger partial charge in [0.2, 0.25) is 0 Å². The number of urea groups is 1. The molecule has 24 heavy (non-hydrogen) atoms. The first-order valence-corrected chi connectivity index (χ1v) is 8.59. The molecule has 1 aromatic carbocycles. The molecule has 6 heteroatoms. The second kappa shape index (κ2) is 8.49. The third-order valence-electron chi connectivity index (χ3n) is 4.15. The molecule has 2 amide bonds. The van der Waals surface area contributed by atoms with Crippen LogP contribution in [0.25, 0.3) is 5.69 Å². The van der Waals surface area contributed by atoms with Gasteiger partial charge in [0.05, 0.1) is 18.0 Å². The maximum Gasteiger partial charge on any atom is 0.320 e. The molecule has 1 atom stereocenters. The first kappa shape index (κ1) is 16.5. The third kappa shape index (κ3) is 4.58. The van der Waals surface area contributed by atoms with Gasteiger partial charge in [-0.25, -0.2) is 9.48 Å². The van der Waals surface area contributed by atoms with Gasteiger partial charge in [-0.2, -0.15) is 5.10 Å². The number of para-hydroxylation sites is 1. The summed E-state index contributed by atoms with van der Waals surface area (Å²) < 4.78 is 7.30. The van der Waals surface area contributed by atoms with Gasteiger partial charge in [-0.1, -0.05) is 18.2 Å². The zero-order valence-electron chi connectivity index (χ0n) is 13.8. The SMILES string of the molecule is O=C(NCCCC[C@@H]1CCCO1)Nc1ccnn1-c1ccccc1. The summed E-state index contributed by atoms with van der Waals surface area (Å²) in [5.74, 6) is 0.651. The molecule has 1 saturated heterocycles. The Kier molecular flexibility index (Phi) is 5.85. The largest absolute Gasteiger partial charge is 0.378 e. The van der Waals surface area contributed by atoms with E-state index in [-0.39, 0.29) is 6.03 Å². The summed E-state index contributed by atoms with van der Waals surface area (Å²) in [5.41, 5.74) is 0.911. The molecule has 6 nitrogen and oxygen atoms in total. The van der Waals surface area contributed by atoms with Gasteiger partial charge in [0.1, 0.15) is 5.82 Å². The van der Waals surface area contributed by atoms with E-state index in [9.17, 15) is 4.79 Å². The second-order valence-corrected chi connectivity index (χ2v) is 5.98. The zero-order valence-corrected chi connectivity index (χ0v) is 13.8. The molecule has 0 saturated carbocycles. The Bertz CT molecular complexity index is 635. The fourth-order valence-electron chi connectivity index (χ4n) is 2.90. The second-order valence-electron chi connectivity index (χ2n) is 5.98.